The monoisotopic (exact) mass is 382 g/mol. The lowest BCUT2D eigenvalue weighted by atomic mass is 9.84. The number of nitrogens with one attached hydrogen (secondary N) is 2. The van der Waals surface area contributed by atoms with Crippen LogP contribution in [0.4, 0.5) is 0 Å². The van der Waals surface area contributed by atoms with E-state index in [0.29, 0.717) is 11.7 Å². The smallest absolute Gasteiger partial charge is 0.319 e. The highest BCUT2D eigenvalue weighted by Crippen LogP contribution is 2.31. The standard InChI is InChI=1S/C18H30N4O5/c1-26-17(24)12-19-11-15-20-18(27-22-15)14(10-16(23)21-25)9-5-8-13-6-3-2-4-7-13/h13-14,19,25H,2-12H2,1H3,(H,21,23)/t14-/m1/s1. The van der Waals surface area contributed by atoms with Gasteiger partial charge in [0.15, 0.2) is 5.82 Å². The number of hydrogen-bond donors (Lipinski definition) is 3. The molecule has 1 fully saturated rings. The normalized spacial score (nSPS) is 16.1. The molecule has 0 unspecified atom stereocenters. The number of nitrogens with zero attached hydrogens (tertiary/aromatic N) is 2. The van der Waals surface area contributed by atoms with E-state index in [-0.39, 0.29) is 31.4 Å². The Morgan fingerprint density at radius 2 is 2.11 bits per heavy atom. The maximum atomic E-state index is 11.6. The van der Waals surface area contributed by atoms with E-state index in [1.807, 2.05) is 0 Å². The van der Waals surface area contributed by atoms with Crippen LogP contribution in [0.15, 0.2) is 4.52 Å². The predicted molar refractivity (Wildman–Crippen MR) is 95.7 cm³/mol. The molecule has 0 spiro atoms. The average Bonchev–Trinajstić information content (AvgIpc) is 3.16. The Hall–Kier alpha value is -2.00. The van der Waals surface area contributed by atoms with Crippen LogP contribution in [0.5, 0.6) is 0 Å². The summed E-state index contributed by atoms with van der Waals surface area (Å²) in [5, 5.41) is 15.6. The molecule has 1 aromatic rings. The minimum absolute atomic E-state index is 0.0537. The van der Waals surface area contributed by atoms with Crippen molar-refractivity contribution in [1.82, 2.24) is 20.9 Å². The number of ether oxygens (including phenoxy) is 1. The van der Waals surface area contributed by atoms with Crippen LogP contribution in [0.25, 0.3) is 0 Å². The number of esters is 1. The first-order valence-electron chi connectivity index (χ1n) is 9.65. The van der Waals surface area contributed by atoms with Gasteiger partial charge in [0, 0.05) is 12.3 Å². The Morgan fingerprint density at radius 3 is 2.81 bits per heavy atom. The van der Waals surface area contributed by atoms with Gasteiger partial charge in [0.25, 0.3) is 0 Å². The van der Waals surface area contributed by atoms with Crippen molar-refractivity contribution in [2.24, 2.45) is 5.92 Å². The highest BCUT2D eigenvalue weighted by atomic mass is 16.5. The Balaban J connectivity index is 1.86. The summed E-state index contributed by atoms with van der Waals surface area (Å²) in [4.78, 5) is 27.1. The van der Waals surface area contributed by atoms with Crippen LogP contribution in [0, 0.1) is 5.92 Å². The number of amides is 1. The number of carbonyl (C=O) groups is 2. The molecule has 3 N–H and O–H groups in total. The molecule has 1 aliphatic carbocycles. The van der Waals surface area contributed by atoms with E-state index < -0.39 is 5.91 Å². The zero-order valence-electron chi connectivity index (χ0n) is 15.9. The summed E-state index contributed by atoms with van der Waals surface area (Å²) in [6.45, 7) is 0.317. The van der Waals surface area contributed by atoms with Crippen LogP contribution >= 0.6 is 0 Å². The second kappa shape index (κ2) is 11.7. The Labute approximate surface area is 159 Å². The SMILES string of the molecule is COC(=O)CNCc1noc([C@H](CCCC2CCCCC2)CC(=O)NO)n1. The van der Waals surface area contributed by atoms with E-state index in [1.54, 1.807) is 5.48 Å². The molecule has 27 heavy (non-hydrogen) atoms. The molecule has 1 aromatic heterocycles. The molecule has 2 rings (SSSR count). The third kappa shape index (κ3) is 7.64. The molecule has 1 heterocycles. The van der Waals surface area contributed by atoms with Gasteiger partial charge in [-0.25, -0.2) is 5.48 Å². The quantitative estimate of drug-likeness (QED) is 0.301. The van der Waals surface area contributed by atoms with E-state index in [0.717, 1.165) is 25.2 Å². The molecule has 0 aromatic carbocycles. The van der Waals surface area contributed by atoms with Crippen LogP contribution < -0.4 is 10.8 Å². The number of aromatic nitrogens is 2. The van der Waals surface area contributed by atoms with Crippen molar-refractivity contribution in [2.75, 3.05) is 13.7 Å². The Morgan fingerprint density at radius 1 is 1.33 bits per heavy atom. The first kappa shape index (κ1) is 21.3. The lowest BCUT2D eigenvalue weighted by Gasteiger charge is -2.22. The Kier molecular flexibility index (Phi) is 9.20. The zero-order valence-corrected chi connectivity index (χ0v) is 15.9. The third-order valence-corrected chi connectivity index (χ3v) is 5.06. The minimum atomic E-state index is -0.471. The van der Waals surface area contributed by atoms with Gasteiger partial charge in [-0.15, -0.1) is 0 Å². The molecule has 0 aliphatic heterocycles. The maximum absolute atomic E-state index is 11.6. The molecular formula is C18H30N4O5. The van der Waals surface area contributed by atoms with Gasteiger partial charge < -0.3 is 9.26 Å². The van der Waals surface area contributed by atoms with Gasteiger partial charge >= 0.3 is 5.97 Å². The fourth-order valence-corrected chi connectivity index (χ4v) is 3.56. The van der Waals surface area contributed by atoms with E-state index in [1.165, 1.54) is 39.2 Å². The molecule has 0 saturated heterocycles. The molecule has 1 atom stereocenters. The van der Waals surface area contributed by atoms with Gasteiger partial charge in [-0.1, -0.05) is 50.1 Å². The van der Waals surface area contributed by atoms with Gasteiger partial charge in [0.05, 0.1) is 20.2 Å². The summed E-state index contributed by atoms with van der Waals surface area (Å²) in [6.07, 6.45) is 9.51. The van der Waals surface area contributed by atoms with Crippen LogP contribution in [-0.4, -0.2) is 40.9 Å². The summed E-state index contributed by atoms with van der Waals surface area (Å²) in [5.74, 6) is 0.488. The topological polar surface area (TPSA) is 127 Å². The molecule has 1 saturated carbocycles. The van der Waals surface area contributed by atoms with Crippen molar-refractivity contribution in [3.05, 3.63) is 11.7 Å². The fraction of sp³-hybridized carbons (Fsp3) is 0.778. The van der Waals surface area contributed by atoms with Crippen molar-refractivity contribution in [1.29, 1.82) is 0 Å². The highest BCUT2D eigenvalue weighted by Gasteiger charge is 2.23. The predicted octanol–water partition coefficient (Wildman–Crippen LogP) is 2.06. The number of hydroxylamine groups is 1. The summed E-state index contributed by atoms with van der Waals surface area (Å²) in [7, 11) is 1.32. The minimum Gasteiger partial charge on any atom is -0.468 e. The number of rotatable bonds is 11. The summed E-state index contributed by atoms with van der Waals surface area (Å²) < 4.78 is 9.87. The molecular weight excluding hydrogens is 352 g/mol. The summed E-state index contributed by atoms with van der Waals surface area (Å²) in [5.41, 5.74) is 1.67. The number of methoxy groups -OCH3 is 1. The van der Waals surface area contributed by atoms with Gasteiger partial charge in [0.2, 0.25) is 11.8 Å². The van der Waals surface area contributed by atoms with E-state index in [4.69, 9.17) is 9.73 Å². The zero-order chi connectivity index (χ0) is 19.5. The number of hydrogen-bond acceptors (Lipinski definition) is 8. The van der Waals surface area contributed by atoms with Crippen LogP contribution in [0.3, 0.4) is 0 Å². The highest BCUT2D eigenvalue weighted by molar-refractivity contribution is 5.75. The maximum Gasteiger partial charge on any atom is 0.319 e. The molecule has 0 radical (unpaired) electrons. The lowest BCUT2D eigenvalue weighted by molar-refractivity contribution is -0.139. The van der Waals surface area contributed by atoms with Crippen LogP contribution in [0.1, 0.15) is 75.4 Å². The first-order valence-corrected chi connectivity index (χ1v) is 9.65. The van der Waals surface area contributed by atoms with Gasteiger partial charge in [-0.2, -0.15) is 4.98 Å². The average molecular weight is 382 g/mol. The molecule has 9 nitrogen and oxygen atoms in total. The molecule has 1 amide bonds. The second-order valence-corrected chi connectivity index (χ2v) is 7.10. The van der Waals surface area contributed by atoms with Crippen molar-refractivity contribution in [2.45, 2.75) is 70.3 Å². The van der Waals surface area contributed by atoms with E-state index >= 15 is 0 Å². The second-order valence-electron chi connectivity index (χ2n) is 7.10. The van der Waals surface area contributed by atoms with Crippen LogP contribution in [0.2, 0.25) is 0 Å². The van der Waals surface area contributed by atoms with Gasteiger partial charge in [-0.3, -0.25) is 20.1 Å². The number of carbonyl (C=O) groups excluding carboxylic acids is 2. The van der Waals surface area contributed by atoms with Crippen molar-refractivity contribution in [3.63, 3.8) is 0 Å². The summed E-state index contributed by atoms with van der Waals surface area (Å²) >= 11 is 0. The van der Waals surface area contributed by atoms with Gasteiger partial charge in [0.1, 0.15) is 0 Å². The van der Waals surface area contributed by atoms with Crippen molar-refractivity contribution >= 4 is 11.9 Å². The summed E-state index contributed by atoms with van der Waals surface area (Å²) in [6, 6.07) is 0. The first-order chi connectivity index (χ1) is 13.1. The van der Waals surface area contributed by atoms with E-state index in [9.17, 15) is 9.59 Å². The molecule has 152 valence electrons. The van der Waals surface area contributed by atoms with Crippen molar-refractivity contribution in [3.8, 4) is 0 Å². The Bertz CT molecular complexity index is 586. The fourth-order valence-electron chi connectivity index (χ4n) is 3.56. The largest absolute Gasteiger partial charge is 0.468 e. The van der Waals surface area contributed by atoms with Gasteiger partial charge in [-0.05, 0) is 12.3 Å². The molecule has 1 aliphatic rings. The van der Waals surface area contributed by atoms with Crippen LogP contribution in [-0.2, 0) is 20.9 Å². The third-order valence-electron chi connectivity index (χ3n) is 5.06. The molecule has 0 bridgehead atoms. The lowest BCUT2D eigenvalue weighted by Crippen LogP contribution is -2.24. The van der Waals surface area contributed by atoms with Crippen molar-refractivity contribution < 1.29 is 24.1 Å². The molecule has 9 heteroatoms. The van der Waals surface area contributed by atoms with E-state index in [2.05, 4.69) is 20.2 Å².